The quantitative estimate of drug-likeness (QED) is 0.909. The standard InChI is InChI=1S/C14H20BrN3/c1-10(8-9-16)18(3)14(11(2)17)12-6-4-5-7-13(12)15/h4-7,10-11,14H,8,17H2,1-3H3. The summed E-state index contributed by atoms with van der Waals surface area (Å²) in [6, 6.07) is 10.6. The molecular weight excluding hydrogens is 290 g/mol. The molecule has 0 aliphatic carbocycles. The SMILES string of the molecule is CC(N)C(c1ccccc1Br)N(C)C(C)CC#N. The number of likely N-dealkylation sites (N-methyl/N-ethyl adjacent to an activating group) is 1. The molecule has 0 aliphatic rings. The third-order valence-electron chi connectivity index (χ3n) is 3.24. The van der Waals surface area contributed by atoms with Crippen molar-refractivity contribution in [1.82, 2.24) is 4.90 Å². The van der Waals surface area contributed by atoms with Crippen LogP contribution in [-0.2, 0) is 0 Å². The van der Waals surface area contributed by atoms with E-state index in [4.69, 9.17) is 11.0 Å². The van der Waals surface area contributed by atoms with Crippen LogP contribution in [0.3, 0.4) is 0 Å². The molecule has 0 aliphatic heterocycles. The summed E-state index contributed by atoms with van der Waals surface area (Å²) in [4.78, 5) is 2.17. The number of halogens is 1. The van der Waals surface area contributed by atoms with E-state index in [9.17, 15) is 0 Å². The maximum Gasteiger partial charge on any atom is 0.0638 e. The predicted molar refractivity (Wildman–Crippen MR) is 78.0 cm³/mol. The molecule has 3 atom stereocenters. The molecule has 0 amide bonds. The highest BCUT2D eigenvalue weighted by molar-refractivity contribution is 9.10. The number of hydrogen-bond acceptors (Lipinski definition) is 3. The first-order valence-electron chi connectivity index (χ1n) is 6.08. The maximum atomic E-state index is 8.81. The van der Waals surface area contributed by atoms with Crippen LogP contribution in [0, 0.1) is 11.3 Å². The van der Waals surface area contributed by atoms with Crippen LogP contribution in [-0.4, -0.2) is 24.0 Å². The first-order chi connectivity index (χ1) is 8.49. The van der Waals surface area contributed by atoms with Gasteiger partial charge in [-0.2, -0.15) is 5.26 Å². The van der Waals surface area contributed by atoms with Crippen LogP contribution in [0.2, 0.25) is 0 Å². The van der Waals surface area contributed by atoms with Crippen LogP contribution < -0.4 is 5.73 Å². The second kappa shape index (κ2) is 6.89. The van der Waals surface area contributed by atoms with Gasteiger partial charge in [0, 0.05) is 16.6 Å². The molecule has 0 fully saturated rings. The van der Waals surface area contributed by atoms with Crippen molar-refractivity contribution in [3.05, 3.63) is 34.3 Å². The molecule has 0 saturated heterocycles. The lowest BCUT2D eigenvalue weighted by molar-refractivity contribution is 0.166. The minimum Gasteiger partial charge on any atom is -0.326 e. The van der Waals surface area contributed by atoms with Crippen molar-refractivity contribution in [3.63, 3.8) is 0 Å². The number of nitrogens with zero attached hydrogens (tertiary/aromatic N) is 2. The highest BCUT2D eigenvalue weighted by atomic mass is 79.9. The van der Waals surface area contributed by atoms with Crippen molar-refractivity contribution in [2.24, 2.45) is 5.73 Å². The van der Waals surface area contributed by atoms with Crippen LogP contribution in [0.15, 0.2) is 28.7 Å². The fraction of sp³-hybridized carbons (Fsp3) is 0.500. The molecule has 1 rings (SSSR count). The first kappa shape index (κ1) is 15.2. The molecular formula is C14H20BrN3. The third-order valence-corrected chi connectivity index (χ3v) is 3.96. The number of benzene rings is 1. The molecule has 18 heavy (non-hydrogen) atoms. The maximum absolute atomic E-state index is 8.81. The minimum atomic E-state index is -0.00478. The van der Waals surface area contributed by atoms with Gasteiger partial charge >= 0.3 is 0 Å². The Morgan fingerprint density at radius 2 is 2.00 bits per heavy atom. The van der Waals surface area contributed by atoms with Crippen molar-refractivity contribution < 1.29 is 0 Å². The van der Waals surface area contributed by atoms with E-state index in [0.29, 0.717) is 6.42 Å². The van der Waals surface area contributed by atoms with Gasteiger partial charge in [0.2, 0.25) is 0 Å². The lowest BCUT2D eigenvalue weighted by Gasteiger charge is -2.35. The molecule has 3 nitrogen and oxygen atoms in total. The Balaban J connectivity index is 3.04. The topological polar surface area (TPSA) is 53.0 Å². The zero-order valence-electron chi connectivity index (χ0n) is 11.1. The molecule has 98 valence electrons. The van der Waals surface area contributed by atoms with Crippen molar-refractivity contribution >= 4 is 15.9 Å². The fourth-order valence-electron chi connectivity index (χ4n) is 2.14. The van der Waals surface area contributed by atoms with Crippen LogP contribution in [0.25, 0.3) is 0 Å². The van der Waals surface area contributed by atoms with Crippen LogP contribution in [0.4, 0.5) is 0 Å². The second-order valence-corrected chi connectivity index (χ2v) is 5.56. The van der Waals surface area contributed by atoms with Crippen molar-refractivity contribution in [2.75, 3.05) is 7.05 Å². The predicted octanol–water partition coefficient (Wildman–Crippen LogP) is 3.07. The Kier molecular flexibility index (Phi) is 5.80. The van der Waals surface area contributed by atoms with Gasteiger partial charge in [-0.05, 0) is 32.5 Å². The normalized spacial score (nSPS) is 16.1. The number of rotatable bonds is 5. The molecule has 2 N–H and O–H groups in total. The van der Waals surface area contributed by atoms with E-state index in [1.807, 2.05) is 32.2 Å². The molecule has 0 aromatic heterocycles. The number of hydrogen-bond donors (Lipinski definition) is 1. The summed E-state index contributed by atoms with van der Waals surface area (Å²) >= 11 is 3.57. The van der Waals surface area contributed by atoms with E-state index in [2.05, 4.69) is 39.9 Å². The van der Waals surface area contributed by atoms with E-state index >= 15 is 0 Å². The van der Waals surface area contributed by atoms with Gasteiger partial charge in [0.05, 0.1) is 18.5 Å². The summed E-state index contributed by atoms with van der Waals surface area (Å²) in [6.07, 6.45) is 0.504. The Morgan fingerprint density at radius 3 is 2.50 bits per heavy atom. The molecule has 3 unspecified atom stereocenters. The number of nitriles is 1. The lowest BCUT2D eigenvalue weighted by atomic mass is 9.98. The monoisotopic (exact) mass is 309 g/mol. The van der Waals surface area contributed by atoms with Crippen molar-refractivity contribution in [3.8, 4) is 6.07 Å². The largest absolute Gasteiger partial charge is 0.326 e. The molecule has 1 aromatic carbocycles. The van der Waals surface area contributed by atoms with E-state index < -0.39 is 0 Å². The summed E-state index contributed by atoms with van der Waals surface area (Å²) in [5.74, 6) is 0. The molecule has 0 saturated carbocycles. The summed E-state index contributed by atoms with van der Waals surface area (Å²) < 4.78 is 1.06. The van der Waals surface area contributed by atoms with Gasteiger partial charge in [-0.25, -0.2) is 0 Å². The smallest absolute Gasteiger partial charge is 0.0638 e. The summed E-state index contributed by atoms with van der Waals surface area (Å²) in [6.45, 7) is 4.05. The van der Waals surface area contributed by atoms with Gasteiger partial charge in [-0.1, -0.05) is 34.1 Å². The summed E-state index contributed by atoms with van der Waals surface area (Å²) in [5, 5.41) is 8.81. The highest BCUT2D eigenvalue weighted by Crippen LogP contribution is 2.30. The van der Waals surface area contributed by atoms with Gasteiger partial charge in [0.25, 0.3) is 0 Å². The molecule has 0 heterocycles. The van der Waals surface area contributed by atoms with E-state index in [1.165, 1.54) is 5.56 Å². The van der Waals surface area contributed by atoms with Crippen molar-refractivity contribution in [2.45, 2.75) is 38.4 Å². The molecule has 1 aromatic rings. The van der Waals surface area contributed by atoms with Gasteiger partial charge in [-0.3, -0.25) is 4.90 Å². The molecule has 0 bridgehead atoms. The number of nitrogens with two attached hydrogens (primary N) is 1. The highest BCUT2D eigenvalue weighted by Gasteiger charge is 2.26. The average molecular weight is 310 g/mol. The Labute approximate surface area is 118 Å². The van der Waals surface area contributed by atoms with E-state index in [-0.39, 0.29) is 18.1 Å². The minimum absolute atomic E-state index is 0.00478. The molecule has 0 spiro atoms. The Hall–Kier alpha value is -0.890. The van der Waals surface area contributed by atoms with E-state index in [1.54, 1.807) is 0 Å². The van der Waals surface area contributed by atoms with Gasteiger partial charge in [-0.15, -0.1) is 0 Å². The lowest BCUT2D eigenvalue weighted by Crippen LogP contribution is -2.41. The summed E-state index contributed by atoms with van der Waals surface area (Å²) in [7, 11) is 2.02. The Morgan fingerprint density at radius 1 is 1.39 bits per heavy atom. The average Bonchev–Trinajstić information content (AvgIpc) is 2.31. The second-order valence-electron chi connectivity index (χ2n) is 4.70. The fourth-order valence-corrected chi connectivity index (χ4v) is 2.66. The summed E-state index contributed by atoms with van der Waals surface area (Å²) in [5.41, 5.74) is 7.29. The molecule has 0 radical (unpaired) electrons. The zero-order chi connectivity index (χ0) is 13.7. The van der Waals surface area contributed by atoms with Crippen LogP contribution >= 0.6 is 15.9 Å². The van der Waals surface area contributed by atoms with Crippen LogP contribution in [0.1, 0.15) is 31.9 Å². The van der Waals surface area contributed by atoms with Gasteiger partial charge < -0.3 is 5.73 Å². The van der Waals surface area contributed by atoms with Crippen LogP contribution in [0.5, 0.6) is 0 Å². The third kappa shape index (κ3) is 3.55. The van der Waals surface area contributed by atoms with Crippen molar-refractivity contribution in [1.29, 1.82) is 5.26 Å². The molecule has 4 heteroatoms. The first-order valence-corrected chi connectivity index (χ1v) is 6.87. The van der Waals surface area contributed by atoms with Gasteiger partial charge in [0.15, 0.2) is 0 Å². The van der Waals surface area contributed by atoms with Gasteiger partial charge in [0.1, 0.15) is 0 Å². The zero-order valence-corrected chi connectivity index (χ0v) is 12.7. The Bertz CT molecular complexity index is 425. The van der Waals surface area contributed by atoms with E-state index in [0.717, 1.165) is 4.47 Å².